The summed E-state index contributed by atoms with van der Waals surface area (Å²) in [5.41, 5.74) is -0.184. The fourth-order valence-electron chi connectivity index (χ4n) is 1.52. The Labute approximate surface area is 127 Å². The van der Waals surface area contributed by atoms with Crippen LogP contribution < -0.4 is 10.6 Å². The van der Waals surface area contributed by atoms with Gasteiger partial charge in [0.25, 0.3) is 0 Å². The van der Waals surface area contributed by atoms with Gasteiger partial charge in [0.05, 0.1) is 10.0 Å². The lowest BCUT2D eigenvalue weighted by atomic mass is 9.87. The minimum absolute atomic E-state index is 0.301. The van der Waals surface area contributed by atoms with E-state index in [1.807, 2.05) is 0 Å². The van der Waals surface area contributed by atoms with Gasteiger partial charge in [0.1, 0.15) is 6.04 Å². The summed E-state index contributed by atoms with van der Waals surface area (Å²) in [6, 6.07) is 2.96. The van der Waals surface area contributed by atoms with Gasteiger partial charge in [-0.3, -0.25) is 0 Å². The maximum Gasteiger partial charge on any atom is 0.326 e. The first-order valence-electron chi connectivity index (χ1n) is 5.86. The van der Waals surface area contributed by atoms with E-state index in [1.54, 1.807) is 26.8 Å². The monoisotopic (exact) mass is 318 g/mol. The molecule has 0 saturated carbocycles. The Morgan fingerprint density at radius 2 is 1.80 bits per heavy atom. The topological polar surface area (TPSA) is 78.4 Å². The number of rotatable bonds is 3. The van der Waals surface area contributed by atoms with Gasteiger partial charge in [-0.25, -0.2) is 9.59 Å². The zero-order valence-electron chi connectivity index (χ0n) is 11.3. The number of hydrogen-bond acceptors (Lipinski definition) is 2. The van der Waals surface area contributed by atoms with Gasteiger partial charge >= 0.3 is 12.0 Å². The number of amides is 2. The minimum atomic E-state index is -1.10. The highest BCUT2D eigenvalue weighted by molar-refractivity contribution is 6.42. The lowest BCUT2D eigenvalue weighted by Gasteiger charge is -2.27. The molecule has 1 aromatic rings. The van der Waals surface area contributed by atoms with Crippen molar-refractivity contribution in [3.63, 3.8) is 0 Å². The van der Waals surface area contributed by atoms with Gasteiger partial charge in [-0.15, -0.1) is 0 Å². The van der Waals surface area contributed by atoms with Crippen molar-refractivity contribution in [2.75, 3.05) is 5.32 Å². The number of hydrogen-bond donors (Lipinski definition) is 3. The van der Waals surface area contributed by atoms with E-state index in [-0.39, 0.29) is 0 Å². The molecule has 1 atom stereocenters. The van der Waals surface area contributed by atoms with Gasteiger partial charge < -0.3 is 15.7 Å². The number of anilines is 1. The van der Waals surface area contributed by atoms with E-state index < -0.39 is 23.5 Å². The summed E-state index contributed by atoms with van der Waals surface area (Å²) in [6.07, 6.45) is 0. The summed E-state index contributed by atoms with van der Waals surface area (Å²) in [6.45, 7) is 5.18. The molecule has 0 aliphatic heterocycles. The van der Waals surface area contributed by atoms with Gasteiger partial charge in [-0.1, -0.05) is 44.0 Å². The first-order chi connectivity index (χ1) is 9.11. The first kappa shape index (κ1) is 16.6. The van der Waals surface area contributed by atoms with Crippen LogP contribution in [0, 0.1) is 5.41 Å². The molecule has 0 saturated heterocycles. The molecular formula is C13H16Cl2N2O3. The van der Waals surface area contributed by atoms with Crippen LogP contribution in [0.3, 0.4) is 0 Å². The highest BCUT2D eigenvalue weighted by atomic mass is 35.5. The number of aliphatic carboxylic acids is 1. The lowest BCUT2D eigenvalue weighted by molar-refractivity contribution is -0.141. The third kappa shape index (κ3) is 4.58. The van der Waals surface area contributed by atoms with Crippen molar-refractivity contribution >= 4 is 40.9 Å². The second-order valence-electron chi connectivity index (χ2n) is 5.36. The average molecular weight is 319 g/mol. The summed E-state index contributed by atoms with van der Waals surface area (Å²) in [5.74, 6) is -1.10. The number of carbonyl (C=O) groups is 2. The van der Waals surface area contributed by atoms with Gasteiger partial charge in [0.2, 0.25) is 0 Å². The Balaban J connectivity index is 2.76. The number of halogens is 2. The third-order valence-electron chi connectivity index (χ3n) is 2.57. The molecule has 0 radical (unpaired) electrons. The van der Waals surface area contributed by atoms with Crippen molar-refractivity contribution in [2.24, 2.45) is 5.41 Å². The summed E-state index contributed by atoms with van der Waals surface area (Å²) < 4.78 is 0. The van der Waals surface area contributed by atoms with Crippen LogP contribution in [0.2, 0.25) is 10.0 Å². The second kappa shape index (κ2) is 6.33. The molecule has 5 nitrogen and oxygen atoms in total. The van der Waals surface area contributed by atoms with Crippen LogP contribution in [0.25, 0.3) is 0 Å². The molecule has 0 unspecified atom stereocenters. The summed E-state index contributed by atoms with van der Waals surface area (Å²) in [5, 5.41) is 14.7. The fourth-order valence-corrected chi connectivity index (χ4v) is 1.82. The van der Waals surface area contributed by atoms with Crippen molar-refractivity contribution in [2.45, 2.75) is 26.8 Å². The molecule has 2 amide bonds. The zero-order valence-corrected chi connectivity index (χ0v) is 12.8. The number of carboxylic acid groups (broad SMARTS) is 1. The molecule has 1 rings (SSSR count). The number of benzene rings is 1. The van der Waals surface area contributed by atoms with E-state index in [1.165, 1.54) is 12.1 Å². The molecule has 20 heavy (non-hydrogen) atoms. The van der Waals surface area contributed by atoms with Gasteiger partial charge in [-0.2, -0.15) is 0 Å². The van der Waals surface area contributed by atoms with Crippen LogP contribution in [-0.2, 0) is 4.79 Å². The van der Waals surface area contributed by atoms with Crippen molar-refractivity contribution in [1.29, 1.82) is 0 Å². The molecule has 0 heterocycles. The van der Waals surface area contributed by atoms with Crippen molar-refractivity contribution < 1.29 is 14.7 Å². The fraction of sp³-hybridized carbons (Fsp3) is 0.385. The standard InChI is InChI=1S/C13H16Cl2N2O3/c1-13(2,3)10(11(18)19)17-12(20)16-7-4-5-8(14)9(15)6-7/h4-6,10H,1-3H3,(H,18,19)(H2,16,17,20)/t10-/m1/s1. The number of carbonyl (C=O) groups excluding carboxylic acids is 1. The second-order valence-corrected chi connectivity index (χ2v) is 6.18. The molecule has 0 aliphatic rings. The number of nitrogens with one attached hydrogen (secondary N) is 2. The molecule has 0 spiro atoms. The minimum Gasteiger partial charge on any atom is -0.480 e. The van der Waals surface area contributed by atoms with Gasteiger partial charge in [0.15, 0.2) is 0 Å². The molecule has 110 valence electrons. The molecule has 3 N–H and O–H groups in total. The molecule has 0 aliphatic carbocycles. The van der Waals surface area contributed by atoms with Crippen molar-refractivity contribution in [3.05, 3.63) is 28.2 Å². The first-order valence-corrected chi connectivity index (χ1v) is 6.62. The summed E-state index contributed by atoms with van der Waals surface area (Å²) in [4.78, 5) is 23.0. The molecule has 1 aromatic carbocycles. The smallest absolute Gasteiger partial charge is 0.326 e. The molecule has 0 fully saturated rings. The Hall–Kier alpha value is -1.46. The molecular weight excluding hydrogens is 303 g/mol. The third-order valence-corrected chi connectivity index (χ3v) is 3.30. The van der Waals surface area contributed by atoms with Crippen molar-refractivity contribution in [1.82, 2.24) is 5.32 Å². The Morgan fingerprint density at radius 3 is 2.25 bits per heavy atom. The predicted molar refractivity (Wildman–Crippen MR) is 79.5 cm³/mol. The lowest BCUT2D eigenvalue weighted by Crippen LogP contribution is -2.50. The predicted octanol–water partition coefficient (Wildman–Crippen LogP) is 3.61. The largest absolute Gasteiger partial charge is 0.480 e. The summed E-state index contributed by atoms with van der Waals surface area (Å²) >= 11 is 11.6. The van der Waals surface area contributed by atoms with Gasteiger partial charge in [-0.05, 0) is 23.6 Å². The van der Waals surface area contributed by atoms with E-state index in [9.17, 15) is 9.59 Å². The van der Waals surface area contributed by atoms with Crippen LogP contribution in [0.1, 0.15) is 20.8 Å². The Kier molecular flexibility index (Phi) is 5.25. The van der Waals surface area contributed by atoms with E-state index in [4.69, 9.17) is 28.3 Å². The maximum atomic E-state index is 11.8. The summed E-state index contributed by atoms with van der Waals surface area (Å²) in [7, 11) is 0. The zero-order chi connectivity index (χ0) is 15.5. The average Bonchev–Trinajstić information content (AvgIpc) is 2.29. The Bertz CT molecular complexity index is 527. The van der Waals surface area contributed by atoms with Crippen molar-refractivity contribution in [3.8, 4) is 0 Å². The van der Waals surface area contributed by atoms with Crippen LogP contribution in [-0.4, -0.2) is 23.1 Å². The normalized spacial score (nSPS) is 12.7. The maximum absolute atomic E-state index is 11.8. The highest BCUT2D eigenvalue weighted by Crippen LogP contribution is 2.25. The Morgan fingerprint density at radius 1 is 1.20 bits per heavy atom. The van der Waals surface area contributed by atoms with E-state index in [0.29, 0.717) is 15.7 Å². The molecule has 7 heteroatoms. The SMILES string of the molecule is CC(C)(C)[C@H](NC(=O)Nc1ccc(Cl)c(Cl)c1)C(=O)O. The molecule has 0 aromatic heterocycles. The van der Waals surface area contributed by atoms with E-state index in [0.717, 1.165) is 0 Å². The van der Waals surface area contributed by atoms with Crippen LogP contribution in [0.15, 0.2) is 18.2 Å². The van der Waals surface area contributed by atoms with Gasteiger partial charge in [0, 0.05) is 5.69 Å². The number of carboxylic acids is 1. The van der Waals surface area contributed by atoms with Crippen LogP contribution in [0.4, 0.5) is 10.5 Å². The highest BCUT2D eigenvalue weighted by Gasteiger charge is 2.32. The number of urea groups is 1. The van der Waals surface area contributed by atoms with Crippen LogP contribution >= 0.6 is 23.2 Å². The quantitative estimate of drug-likeness (QED) is 0.796. The van der Waals surface area contributed by atoms with E-state index in [2.05, 4.69) is 10.6 Å². The molecule has 0 bridgehead atoms. The van der Waals surface area contributed by atoms with E-state index >= 15 is 0 Å². The van der Waals surface area contributed by atoms with Crippen LogP contribution in [0.5, 0.6) is 0 Å².